The number of carboxylic acids is 1. The van der Waals surface area contributed by atoms with Crippen LogP contribution in [0.4, 0.5) is 17.2 Å². The van der Waals surface area contributed by atoms with Crippen molar-refractivity contribution in [2.24, 2.45) is 0 Å². The Hall–Kier alpha value is -2.56. The second kappa shape index (κ2) is 5.61. The van der Waals surface area contributed by atoms with Crippen LogP contribution in [0.25, 0.3) is 0 Å². The van der Waals surface area contributed by atoms with Crippen molar-refractivity contribution in [3.05, 3.63) is 47.7 Å². The number of benzene rings is 1. The number of aromatic nitrogens is 1. The first-order valence-corrected chi connectivity index (χ1v) is 6.33. The monoisotopic (exact) mass is 271 g/mol. The molecular weight excluding hydrogens is 254 g/mol. The summed E-state index contributed by atoms with van der Waals surface area (Å²) in [5, 5.41) is 11.9. The lowest BCUT2D eigenvalue weighted by Gasteiger charge is -2.10. The molecule has 0 bridgehead atoms. The van der Waals surface area contributed by atoms with Crippen molar-refractivity contribution in [1.29, 1.82) is 0 Å². The summed E-state index contributed by atoms with van der Waals surface area (Å²) in [6, 6.07) is 9.35. The van der Waals surface area contributed by atoms with Gasteiger partial charge < -0.3 is 16.2 Å². The van der Waals surface area contributed by atoms with E-state index in [1.807, 2.05) is 24.3 Å². The zero-order chi connectivity index (χ0) is 14.7. The van der Waals surface area contributed by atoms with Gasteiger partial charge in [0.25, 0.3) is 0 Å². The zero-order valence-corrected chi connectivity index (χ0v) is 11.4. The van der Waals surface area contributed by atoms with Crippen LogP contribution in [0.3, 0.4) is 0 Å². The van der Waals surface area contributed by atoms with E-state index in [0.29, 0.717) is 17.4 Å². The number of rotatable bonds is 4. The lowest BCUT2D eigenvalue weighted by Crippen LogP contribution is -2.04. The van der Waals surface area contributed by atoms with E-state index in [2.05, 4.69) is 24.1 Å². The number of nitrogen functional groups attached to an aromatic ring is 1. The van der Waals surface area contributed by atoms with E-state index >= 15 is 0 Å². The predicted molar refractivity (Wildman–Crippen MR) is 79.4 cm³/mol. The minimum atomic E-state index is -1.04. The summed E-state index contributed by atoms with van der Waals surface area (Å²) in [5.74, 6) is -0.119. The molecule has 0 aliphatic heterocycles. The molecule has 0 amide bonds. The summed E-state index contributed by atoms with van der Waals surface area (Å²) >= 11 is 0. The fraction of sp³-hybridized carbons (Fsp3) is 0.200. The first kappa shape index (κ1) is 13.9. The van der Waals surface area contributed by atoms with E-state index in [-0.39, 0.29) is 5.56 Å². The number of anilines is 3. The molecule has 0 atom stereocenters. The number of carboxylic acid groups (broad SMARTS) is 1. The molecule has 0 spiro atoms. The van der Waals surface area contributed by atoms with Crippen LogP contribution in [0.1, 0.15) is 35.7 Å². The van der Waals surface area contributed by atoms with E-state index < -0.39 is 5.97 Å². The number of hydrogen-bond acceptors (Lipinski definition) is 4. The Morgan fingerprint density at radius 1 is 1.30 bits per heavy atom. The molecule has 2 rings (SSSR count). The van der Waals surface area contributed by atoms with Crippen molar-refractivity contribution in [3.63, 3.8) is 0 Å². The minimum absolute atomic E-state index is 0.0724. The normalized spacial score (nSPS) is 10.6. The van der Waals surface area contributed by atoms with Gasteiger partial charge in [-0.3, -0.25) is 0 Å². The Bertz CT molecular complexity index is 622. The first-order valence-electron chi connectivity index (χ1n) is 6.33. The second-order valence-corrected chi connectivity index (χ2v) is 4.87. The summed E-state index contributed by atoms with van der Waals surface area (Å²) < 4.78 is 0. The first-order chi connectivity index (χ1) is 9.47. The molecule has 5 nitrogen and oxygen atoms in total. The molecule has 1 heterocycles. The third-order valence-electron chi connectivity index (χ3n) is 3.00. The summed E-state index contributed by atoms with van der Waals surface area (Å²) in [5.41, 5.74) is 8.28. The van der Waals surface area contributed by atoms with Gasteiger partial charge in [-0.05, 0) is 29.7 Å². The van der Waals surface area contributed by atoms with Gasteiger partial charge in [-0.1, -0.05) is 26.0 Å². The second-order valence-electron chi connectivity index (χ2n) is 4.87. The molecule has 1 aromatic carbocycles. The van der Waals surface area contributed by atoms with E-state index in [1.165, 1.54) is 17.8 Å². The van der Waals surface area contributed by atoms with Crippen LogP contribution in [-0.4, -0.2) is 16.1 Å². The number of carbonyl (C=O) groups is 1. The number of pyridine rings is 1. The van der Waals surface area contributed by atoms with Gasteiger partial charge in [0, 0.05) is 11.9 Å². The SMILES string of the molecule is CC(C)c1ccc(Nc2ncc(C(=O)O)cc2N)cc1. The van der Waals surface area contributed by atoms with Crippen LogP contribution in [0, 0.1) is 0 Å². The maximum absolute atomic E-state index is 10.8. The molecule has 1 aromatic heterocycles. The van der Waals surface area contributed by atoms with Crippen molar-refractivity contribution in [2.75, 3.05) is 11.1 Å². The number of hydrogen-bond donors (Lipinski definition) is 3. The van der Waals surface area contributed by atoms with E-state index in [1.54, 1.807) is 0 Å². The number of nitrogens with zero attached hydrogens (tertiary/aromatic N) is 1. The van der Waals surface area contributed by atoms with Crippen LogP contribution in [-0.2, 0) is 0 Å². The molecule has 0 aliphatic carbocycles. The third-order valence-corrected chi connectivity index (χ3v) is 3.00. The average Bonchev–Trinajstić information content (AvgIpc) is 2.41. The van der Waals surface area contributed by atoms with E-state index in [0.717, 1.165) is 5.69 Å². The van der Waals surface area contributed by atoms with Crippen LogP contribution >= 0.6 is 0 Å². The topological polar surface area (TPSA) is 88.2 Å². The molecule has 5 heteroatoms. The fourth-order valence-corrected chi connectivity index (χ4v) is 1.79. The summed E-state index contributed by atoms with van der Waals surface area (Å²) in [6.07, 6.45) is 1.28. The molecule has 0 saturated heterocycles. The van der Waals surface area contributed by atoms with Crippen molar-refractivity contribution < 1.29 is 9.90 Å². The van der Waals surface area contributed by atoms with E-state index in [9.17, 15) is 4.79 Å². The van der Waals surface area contributed by atoms with Crippen molar-refractivity contribution in [3.8, 4) is 0 Å². The highest BCUT2D eigenvalue weighted by Gasteiger charge is 2.08. The van der Waals surface area contributed by atoms with Crippen LogP contribution < -0.4 is 11.1 Å². The molecule has 2 aromatic rings. The number of nitrogens with two attached hydrogens (primary N) is 1. The maximum Gasteiger partial charge on any atom is 0.337 e. The van der Waals surface area contributed by atoms with Crippen molar-refractivity contribution in [1.82, 2.24) is 4.98 Å². The quantitative estimate of drug-likeness (QED) is 0.794. The highest BCUT2D eigenvalue weighted by atomic mass is 16.4. The predicted octanol–water partition coefficient (Wildman–Crippen LogP) is 3.23. The largest absolute Gasteiger partial charge is 0.478 e. The van der Waals surface area contributed by atoms with Gasteiger partial charge in [-0.15, -0.1) is 0 Å². The molecule has 0 unspecified atom stereocenters. The van der Waals surface area contributed by atoms with Crippen LogP contribution in [0.2, 0.25) is 0 Å². The molecule has 104 valence electrons. The van der Waals surface area contributed by atoms with Gasteiger partial charge >= 0.3 is 5.97 Å². The lowest BCUT2D eigenvalue weighted by atomic mass is 10.0. The average molecular weight is 271 g/mol. The summed E-state index contributed by atoms with van der Waals surface area (Å²) in [6.45, 7) is 4.26. The zero-order valence-electron chi connectivity index (χ0n) is 11.4. The lowest BCUT2D eigenvalue weighted by molar-refractivity contribution is 0.0696. The van der Waals surface area contributed by atoms with Gasteiger partial charge in [-0.2, -0.15) is 0 Å². The van der Waals surface area contributed by atoms with Crippen LogP contribution in [0.15, 0.2) is 36.5 Å². The minimum Gasteiger partial charge on any atom is -0.478 e. The van der Waals surface area contributed by atoms with E-state index in [4.69, 9.17) is 10.8 Å². The molecule has 0 aliphatic rings. The van der Waals surface area contributed by atoms with Crippen LogP contribution in [0.5, 0.6) is 0 Å². The number of aromatic carboxylic acids is 1. The van der Waals surface area contributed by atoms with Crippen molar-refractivity contribution >= 4 is 23.2 Å². The molecule has 20 heavy (non-hydrogen) atoms. The molecule has 0 saturated carbocycles. The highest BCUT2D eigenvalue weighted by molar-refractivity contribution is 5.89. The Kier molecular flexibility index (Phi) is 3.89. The standard InChI is InChI=1S/C15H17N3O2/c1-9(2)10-3-5-12(6-4-10)18-14-13(16)7-11(8-17-14)15(19)20/h3-9H,16H2,1-2H3,(H,17,18)(H,19,20). The Labute approximate surface area is 117 Å². The number of nitrogens with one attached hydrogen (secondary N) is 1. The van der Waals surface area contributed by atoms with Crippen molar-refractivity contribution in [2.45, 2.75) is 19.8 Å². The molecule has 4 N–H and O–H groups in total. The Morgan fingerprint density at radius 2 is 1.95 bits per heavy atom. The third kappa shape index (κ3) is 3.06. The smallest absolute Gasteiger partial charge is 0.337 e. The van der Waals surface area contributed by atoms with Gasteiger partial charge in [0.1, 0.15) is 0 Å². The molecule has 0 radical (unpaired) electrons. The van der Waals surface area contributed by atoms with Gasteiger partial charge in [0.05, 0.1) is 11.3 Å². The Morgan fingerprint density at radius 3 is 2.45 bits per heavy atom. The van der Waals surface area contributed by atoms with Gasteiger partial charge in [0.15, 0.2) is 5.82 Å². The molecule has 0 fully saturated rings. The molecular formula is C15H17N3O2. The maximum atomic E-state index is 10.8. The Balaban J connectivity index is 2.19. The highest BCUT2D eigenvalue weighted by Crippen LogP contribution is 2.23. The summed E-state index contributed by atoms with van der Waals surface area (Å²) in [4.78, 5) is 14.8. The fourth-order valence-electron chi connectivity index (χ4n) is 1.79. The summed E-state index contributed by atoms with van der Waals surface area (Å²) in [7, 11) is 0. The van der Waals surface area contributed by atoms with Gasteiger partial charge in [0.2, 0.25) is 0 Å². The van der Waals surface area contributed by atoms with Gasteiger partial charge in [-0.25, -0.2) is 9.78 Å².